The number of halogens is 2. The van der Waals surface area contributed by atoms with Gasteiger partial charge in [0.25, 0.3) is 0 Å². The Morgan fingerprint density at radius 1 is 1.03 bits per heavy atom. The molecule has 1 atom stereocenters. The molecule has 1 saturated heterocycles. The second-order valence-electron chi connectivity index (χ2n) is 8.86. The summed E-state index contributed by atoms with van der Waals surface area (Å²) in [4.78, 5) is 15.9. The Bertz CT molecular complexity index is 739. The number of nitrogens with zero attached hydrogens (tertiary/aromatic N) is 2. The molecular formula is C22H32F2N2O5. The predicted octanol–water partition coefficient (Wildman–Crippen LogP) is 1.56. The number of benzene rings is 1. The summed E-state index contributed by atoms with van der Waals surface area (Å²) in [5.74, 6) is -1.86. The molecule has 0 bridgehead atoms. The number of methoxy groups -OCH3 is 1. The van der Waals surface area contributed by atoms with Crippen molar-refractivity contribution in [2.45, 2.75) is 43.3 Å². The Labute approximate surface area is 181 Å². The first kappa shape index (κ1) is 23.8. The minimum absolute atomic E-state index is 0.0120. The van der Waals surface area contributed by atoms with Crippen molar-refractivity contribution in [2.75, 3.05) is 53.0 Å². The molecule has 0 unspecified atom stereocenters. The first-order valence-electron chi connectivity index (χ1n) is 10.7. The van der Waals surface area contributed by atoms with Crippen LogP contribution in [0.15, 0.2) is 18.2 Å². The van der Waals surface area contributed by atoms with Crippen molar-refractivity contribution in [3.8, 4) is 5.75 Å². The minimum atomic E-state index is -1.49. The van der Waals surface area contributed by atoms with Gasteiger partial charge in [-0.1, -0.05) is 19.3 Å². The van der Waals surface area contributed by atoms with E-state index in [2.05, 4.69) is 0 Å². The van der Waals surface area contributed by atoms with Gasteiger partial charge in [0.2, 0.25) is 5.91 Å². The summed E-state index contributed by atoms with van der Waals surface area (Å²) < 4.78 is 37.4. The third-order valence-corrected chi connectivity index (χ3v) is 5.96. The topological polar surface area (TPSA) is 82.5 Å². The number of carbonyl (C=O) groups is 1. The normalized spacial score (nSPS) is 24.6. The van der Waals surface area contributed by atoms with Crippen LogP contribution in [0.2, 0.25) is 0 Å². The van der Waals surface area contributed by atoms with Crippen LogP contribution in [0.5, 0.6) is 5.75 Å². The maximum absolute atomic E-state index is 13.5. The SMILES string of the molecule is COCC(=O)N1CCN(CC2(O)CCCCC2)C[C@](O)(COc2cc(F)cc(F)c2)C1. The van der Waals surface area contributed by atoms with Crippen molar-refractivity contribution < 1.29 is 33.3 Å². The molecule has 9 heteroatoms. The number of carbonyl (C=O) groups excluding carboxylic acids is 1. The molecule has 1 saturated carbocycles. The predicted molar refractivity (Wildman–Crippen MR) is 110 cm³/mol. The van der Waals surface area contributed by atoms with Gasteiger partial charge < -0.3 is 24.6 Å². The molecule has 1 heterocycles. The number of amides is 1. The second-order valence-corrected chi connectivity index (χ2v) is 8.86. The van der Waals surface area contributed by atoms with E-state index < -0.39 is 22.8 Å². The van der Waals surface area contributed by atoms with Crippen LogP contribution in [0.25, 0.3) is 0 Å². The van der Waals surface area contributed by atoms with Crippen molar-refractivity contribution in [3.63, 3.8) is 0 Å². The number of hydrogen-bond acceptors (Lipinski definition) is 6. The zero-order chi connectivity index (χ0) is 22.5. The van der Waals surface area contributed by atoms with Crippen molar-refractivity contribution in [2.24, 2.45) is 0 Å². The van der Waals surface area contributed by atoms with Crippen LogP contribution in [0.3, 0.4) is 0 Å². The fraction of sp³-hybridized carbons (Fsp3) is 0.682. The highest BCUT2D eigenvalue weighted by Gasteiger charge is 2.40. The fourth-order valence-electron chi connectivity index (χ4n) is 4.51. The molecule has 2 aliphatic rings. The van der Waals surface area contributed by atoms with E-state index >= 15 is 0 Å². The number of aliphatic hydroxyl groups is 2. The summed E-state index contributed by atoms with van der Waals surface area (Å²) in [5, 5.41) is 22.3. The highest BCUT2D eigenvalue weighted by Crippen LogP contribution is 2.30. The van der Waals surface area contributed by atoms with Crippen LogP contribution < -0.4 is 4.74 Å². The summed E-state index contributed by atoms with van der Waals surface area (Å²) in [5.41, 5.74) is -2.31. The molecule has 3 rings (SSSR count). The van der Waals surface area contributed by atoms with Crippen LogP contribution >= 0.6 is 0 Å². The van der Waals surface area contributed by atoms with Gasteiger partial charge >= 0.3 is 0 Å². The molecule has 1 aliphatic carbocycles. The van der Waals surface area contributed by atoms with Crippen LogP contribution in [-0.2, 0) is 9.53 Å². The zero-order valence-corrected chi connectivity index (χ0v) is 18.0. The van der Waals surface area contributed by atoms with Gasteiger partial charge in [-0.2, -0.15) is 0 Å². The molecule has 1 amide bonds. The zero-order valence-electron chi connectivity index (χ0n) is 18.0. The largest absolute Gasteiger partial charge is 0.490 e. The lowest BCUT2D eigenvalue weighted by Crippen LogP contribution is -2.54. The van der Waals surface area contributed by atoms with Crippen LogP contribution in [0.4, 0.5) is 8.78 Å². The van der Waals surface area contributed by atoms with Gasteiger partial charge in [-0.25, -0.2) is 8.78 Å². The lowest BCUT2D eigenvalue weighted by atomic mass is 9.84. The van der Waals surface area contributed by atoms with E-state index in [-0.39, 0.29) is 38.0 Å². The smallest absolute Gasteiger partial charge is 0.248 e. The summed E-state index contributed by atoms with van der Waals surface area (Å²) >= 11 is 0. The lowest BCUT2D eigenvalue weighted by Gasteiger charge is -2.38. The average molecular weight is 443 g/mol. The average Bonchev–Trinajstić information content (AvgIpc) is 2.85. The van der Waals surface area contributed by atoms with Crippen LogP contribution in [0, 0.1) is 11.6 Å². The summed E-state index contributed by atoms with van der Waals surface area (Å²) in [6, 6.07) is 2.82. The van der Waals surface area contributed by atoms with E-state index in [9.17, 15) is 23.8 Å². The van der Waals surface area contributed by atoms with Gasteiger partial charge in [-0.15, -0.1) is 0 Å². The Balaban J connectivity index is 1.74. The number of rotatable bonds is 7. The fourth-order valence-corrected chi connectivity index (χ4v) is 4.51. The van der Waals surface area contributed by atoms with Crippen LogP contribution in [0.1, 0.15) is 32.1 Å². The van der Waals surface area contributed by atoms with Gasteiger partial charge in [0.05, 0.1) is 12.1 Å². The Morgan fingerprint density at radius 2 is 1.71 bits per heavy atom. The van der Waals surface area contributed by atoms with E-state index in [0.29, 0.717) is 32.5 Å². The first-order valence-corrected chi connectivity index (χ1v) is 10.7. The molecule has 0 aromatic heterocycles. The Hall–Kier alpha value is -1.81. The maximum atomic E-state index is 13.5. The molecule has 0 radical (unpaired) electrons. The molecule has 2 fully saturated rings. The Kier molecular flexibility index (Phi) is 7.85. The molecule has 174 valence electrons. The third-order valence-electron chi connectivity index (χ3n) is 5.96. The number of hydrogen-bond donors (Lipinski definition) is 2. The molecule has 0 spiro atoms. The summed E-state index contributed by atoms with van der Waals surface area (Å²) in [7, 11) is 1.43. The van der Waals surface area contributed by atoms with Crippen molar-refractivity contribution in [1.29, 1.82) is 0 Å². The van der Waals surface area contributed by atoms with E-state index in [1.165, 1.54) is 12.0 Å². The highest BCUT2D eigenvalue weighted by molar-refractivity contribution is 5.77. The van der Waals surface area contributed by atoms with Gasteiger partial charge in [-0.05, 0) is 12.8 Å². The molecule has 1 aromatic carbocycles. The second kappa shape index (κ2) is 10.2. The van der Waals surface area contributed by atoms with E-state index in [1.807, 2.05) is 4.90 Å². The van der Waals surface area contributed by atoms with Gasteiger partial charge in [-0.3, -0.25) is 9.69 Å². The highest BCUT2D eigenvalue weighted by atomic mass is 19.1. The van der Waals surface area contributed by atoms with Crippen molar-refractivity contribution >= 4 is 5.91 Å². The Morgan fingerprint density at radius 3 is 2.35 bits per heavy atom. The van der Waals surface area contributed by atoms with Crippen molar-refractivity contribution in [1.82, 2.24) is 9.80 Å². The monoisotopic (exact) mass is 442 g/mol. The third kappa shape index (κ3) is 6.83. The molecule has 31 heavy (non-hydrogen) atoms. The molecule has 7 nitrogen and oxygen atoms in total. The van der Waals surface area contributed by atoms with Gasteiger partial charge in [0.15, 0.2) is 0 Å². The van der Waals surface area contributed by atoms with Crippen LogP contribution in [-0.4, -0.2) is 90.2 Å². The van der Waals surface area contributed by atoms with Gasteiger partial charge in [0, 0.05) is 51.5 Å². The number of ether oxygens (including phenoxy) is 2. The first-order chi connectivity index (χ1) is 14.7. The summed E-state index contributed by atoms with van der Waals surface area (Å²) in [6.45, 7) is 1.00. The van der Waals surface area contributed by atoms with Gasteiger partial charge in [0.1, 0.15) is 36.2 Å². The maximum Gasteiger partial charge on any atom is 0.248 e. The van der Waals surface area contributed by atoms with E-state index in [0.717, 1.165) is 37.5 Å². The van der Waals surface area contributed by atoms with Crippen molar-refractivity contribution in [3.05, 3.63) is 29.8 Å². The molecule has 1 aromatic rings. The summed E-state index contributed by atoms with van der Waals surface area (Å²) in [6.07, 6.45) is 4.42. The van der Waals surface area contributed by atoms with E-state index in [1.54, 1.807) is 0 Å². The quantitative estimate of drug-likeness (QED) is 0.667. The lowest BCUT2D eigenvalue weighted by molar-refractivity contribution is -0.138. The molecular weight excluding hydrogens is 410 g/mol. The van der Waals surface area contributed by atoms with E-state index in [4.69, 9.17) is 9.47 Å². The minimum Gasteiger partial charge on any atom is -0.490 e. The number of β-amino-alcohol motifs (C(OH)–C–C–N with tert-alkyl or cyclic N) is 2. The molecule has 2 N–H and O–H groups in total. The molecule has 1 aliphatic heterocycles. The standard InChI is InChI=1S/C22H32F2N2O5/c1-30-12-20(27)26-8-7-25(13-21(28)5-3-2-4-6-21)14-22(29,15-26)16-31-19-10-17(23)9-18(24)11-19/h9-11,28-29H,2-8,12-16H2,1H3/t22-/m1/s1.